The number of amides is 1. The largest absolute Gasteiger partial charge is 0.495 e. The lowest BCUT2D eigenvalue weighted by atomic mass is 10.1. The summed E-state index contributed by atoms with van der Waals surface area (Å²) in [6.07, 6.45) is 2.55. The summed E-state index contributed by atoms with van der Waals surface area (Å²) < 4.78 is 10.5. The molecule has 6 heteroatoms. The maximum Gasteiger partial charge on any atom is 0.317 e. The number of rotatable bonds is 7. The minimum Gasteiger partial charge on any atom is -0.495 e. The molecule has 148 valence electrons. The van der Waals surface area contributed by atoms with Crippen LogP contribution >= 0.6 is 11.8 Å². The summed E-state index contributed by atoms with van der Waals surface area (Å²) in [5.41, 5.74) is 4.33. The first kappa shape index (κ1) is 20.3. The molecule has 1 aliphatic carbocycles. The number of fused-ring (bicyclic) bond motifs is 1. The van der Waals surface area contributed by atoms with Gasteiger partial charge in [-0.2, -0.15) is 0 Å². The van der Waals surface area contributed by atoms with Crippen molar-refractivity contribution in [1.29, 1.82) is 0 Å². The fourth-order valence-corrected chi connectivity index (χ4v) is 3.96. The van der Waals surface area contributed by atoms with Gasteiger partial charge in [0, 0.05) is 4.90 Å². The van der Waals surface area contributed by atoms with E-state index in [0.717, 1.165) is 23.3 Å². The van der Waals surface area contributed by atoms with Crippen LogP contribution in [0.4, 0.5) is 5.69 Å². The summed E-state index contributed by atoms with van der Waals surface area (Å²) in [6, 6.07) is 11.8. The Bertz CT molecular complexity index is 881. The second-order valence-corrected chi connectivity index (χ2v) is 7.95. The number of benzene rings is 2. The number of nitrogens with one attached hydrogen (secondary N) is 1. The lowest BCUT2D eigenvalue weighted by molar-refractivity contribution is -0.150. The molecule has 2 aromatic carbocycles. The van der Waals surface area contributed by atoms with E-state index < -0.39 is 12.1 Å². The van der Waals surface area contributed by atoms with Crippen molar-refractivity contribution in [3.8, 4) is 5.75 Å². The Morgan fingerprint density at radius 2 is 1.93 bits per heavy atom. The molecule has 28 heavy (non-hydrogen) atoms. The van der Waals surface area contributed by atoms with Gasteiger partial charge >= 0.3 is 5.97 Å². The first-order valence-electron chi connectivity index (χ1n) is 9.36. The SMILES string of the molecule is COc1ccc(C)cc1NC(=O)C(C)OC(=O)CSc1ccc2c(c1)CCC2. The summed E-state index contributed by atoms with van der Waals surface area (Å²) >= 11 is 1.43. The molecule has 0 fully saturated rings. The van der Waals surface area contributed by atoms with E-state index >= 15 is 0 Å². The predicted octanol–water partition coefficient (Wildman–Crippen LogP) is 4.15. The van der Waals surface area contributed by atoms with Gasteiger partial charge in [-0.3, -0.25) is 9.59 Å². The third-order valence-electron chi connectivity index (χ3n) is 4.72. The maximum absolute atomic E-state index is 12.4. The highest BCUT2D eigenvalue weighted by molar-refractivity contribution is 8.00. The number of ether oxygens (including phenoxy) is 2. The van der Waals surface area contributed by atoms with Crippen LogP contribution in [0.3, 0.4) is 0 Å². The van der Waals surface area contributed by atoms with Crippen molar-refractivity contribution in [2.24, 2.45) is 0 Å². The van der Waals surface area contributed by atoms with Crippen LogP contribution in [-0.4, -0.2) is 30.8 Å². The van der Waals surface area contributed by atoms with E-state index in [9.17, 15) is 9.59 Å². The van der Waals surface area contributed by atoms with Crippen LogP contribution in [-0.2, 0) is 27.2 Å². The van der Waals surface area contributed by atoms with Gasteiger partial charge < -0.3 is 14.8 Å². The molecule has 0 saturated heterocycles. The Labute approximate surface area is 169 Å². The summed E-state index contributed by atoms with van der Waals surface area (Å²) in [4.78, 5) is 25.6. The smallest absolute Gasteiger partial charge is 0.317 e. The van der Waals surface area contributed by atoms with Gasteiger partial charge in [0.25, 0.3) is 5.91 Å². The third kappa shape index (κ3) is 5.07. The van der Waals surface area contributed by atoms with Crippen molar-refractivity contribution in [1.82, 2.24) is 0 Å². The minimum absolute atomic E-state index is 0.171. The molecular formula is C22H25NO4S. The van der Waals surface area contributed by atoms with Gasteiger partial charge in [0.1, 0.15) is 5.75 Å². The van der Waals surface area contributed by atoms with E-state index in [4.69, 9.17) is 9.47 Å². The fourth-order valence-electron chi connectivity index (χ4n) is 3.22. The highest BCUT2D eigenvalue weighted by atomic mass is 32.2. The molecule has 1 atom stereocenters. The van der Waals surface area contributed by atoms with Gasteiger partial charge in [-0.05, 0) is 74.1 Å². The molecule has 0 aromatic heterocycles. The maximum atomic E-state index is 12.4. The van der Waals surface area contributed by atoms with Crippen molar-refractivity contribution in [2.75, 3.05) is 18.2 Å². The Hall–Kier alpha value is -2.47. The molecule has 1 aliphatic rings. The van der Waals surface area contributed by atoms with Crippen LogP contribution in [0.2, 0.25) is 0 Å². The van der Waals surface area contributed by atoms with Crippen LogP contribution < -0.4 is 10.1 Å². The number of esters is 1. The van der Waals surface area contributed by atoms with Crippen molar-refractivity contribution < 1.29 is 19.1 Å². The fraction of sp³-hybridized carbons (Fsp3) is 0.364. The van der Waals surface area contributed by atoms with Gasteiger partial charge in [-0.1, -0.05) is 12.1 Å². The molecule has 2 aromatic rings. The standard InChI is InChI=1S/C22H25NO4S/c1-14-7-10-20(26-3)19(11-14)23-22(25)15(2)27-21(24)13-28-18-9-8-16-5-4-6-17(16)12-18/h7-12,15H,4-6,13H2,1-3H3,(H,23,25). The van der Waals surface area contributed by atoms with Crippen molar-refractivity contribution in [3.05, 3.63) is 53.1 Å². The minimum atomic E-state index is -0.890. The van der Waals surface area contributed by atoms with Crippen LogP contribution in [0, 0.1) is 6.92 Å². The average Bonchev–Trinajstić information content (AvgIpc) is 3.14. The van der Waals surface area contributed by atoms with Crippen LogP contribution in [0.25, 0.3) is 0 Å². The molecule has 1 N–H and O–H groups in total. The molecule has 0 radical (unpaired) electrons. The molecule has 0 saturated carbocycles. The summed E-state index contributed by atoms with van der Waals surface area (Å²) in [5.74, 6) is -0.0711. The average molecular weight is 400 g/mol. The summed E-state index contributed by atoms with van der Waals surface area (Å²) in [7, 11) is 1.54. The number of thioether (sulfide) groups is 1. The van der Waals surface area contributed by atoms with Crippen LogP contribution in [0.1, 0.15) is 30.0 Å². The number of anilines is 1. The number of hydrogen-bond donors (Lipinski definition) is 1. The van der Waals surface area contributed by atoms with Crippen LogP contribution in [0.15, 0.2) is 41.3 Å². The van der Waals surface area contributed by atoms with Gasteiger partial charge in [0.2, 0.25) is 0 Å². The number of aryl methyl sites for hydroxylation is 3. The zero-order chi connectivity index (χ0) is 20.1. The molecule has 0 heterocycles. The quantitative estimate of drug-likeness (QED) is 0.560. The molecule has 1 amide bonds. The second kappa shape index (κ2) is 9.15. The van der Waals surface area contributed by atoms with Crippen molar-refractivity contribution in [2.45, 2.75) is 44.1 Å². The Kier molecular flexibility index (Phi) is 6.62. The highest BCUT2D eigenvalue weighted by Crippen LogP contribution is 2.28. The molecule has 1 unspecified atom stereocenters. The Balaban J connectivity index is 1.51. The lowest BCUT2D eigenvalue weighted by Crippen LogP contribution is -2.30. The third-order valence-corrected chi connectivity index (χ3v) is 5.68. The Morgan fingerprint density at radius 3 is 2.71 bits per heavy atom. The monoisotopic (exact) mass is 399 g/mol. The number of carbonyl (C=O) groups excluding carboxylic acids is 2. The molecular weight excluding hydrogens is 374 g/mol. The van der Waals surface area contributed by atoms with Gasteiger partial charge in [0.15, 0.2) is 6.10 Å². The summed E-state index contributed by atoms with van der Waals surface area (Å²) in [6.45, 7) is 3.49. The molecule has 0 spiro atoms. The lowest BCUT2D eigenvalue weighted by Gasteiger charge is -2.15. The molecule has 3 rings (SSSR count). The molecule has 0 bridgehead atoms. The Morgan fingerprint density at radius 1 is 1.14 bits per heavy atom. The van der Waals surface area contributed by atoms with E-state index in [0.29, 0.717) is 11.4 Å². The highest BCUT2D eigenvalue weighted by Gasteiger charge is 2.20. The molecule has 5 nitrogen and oxygen atoms in total. The van der Waals surface area contributed by atoms with Gasteiger partial charge in [-0.25, -0.2) is 0 Å². The topological polar surface area (TPSA) is 64.6 Å². The second-order valence-electron chi connectivity index (χ2n) is 6.90. The van der Waals surface area contributed by atoms with E-state index in [1.807, 2.05) is 25.1 Å². The van der Waals surface area contributed by atoms with Crippen molar-refractivity contribution >= 4 is 29.3 Å². The number of methoxy groups -OCH3 is 1. The normalized spacial score (nSPS) is 13.5. The zero-order valence-corrected chi connectivity index (χ0v) is 17.2. The van der Waals surface area contributed by atoms with Gasteiger partial charge in [-0.15, -0.1) is 11.8 Å². The molecule has 0 aliphatic heterocycles. The first-order valence-corrected chi connectivity index (χ1v) is 10.3. The number of carbonyl (C=O) groups is 2. The zero-order valence-electron chi connectivity index (χ0n) is 16.4. The van der Waals surface area contributed by atoms with Gasteiger partial charge in [0.05, 0.1) is 18.6 Å². The van der Waals surface area contributed by atoms with Crippen molar-refractivity contribution in [3.63, 3.8) is 0 Å². The predicted molar refractivity (Wildman–Crippen MR) is 111 cm³/mol. The van der Waals surface area contributed by atoms with E-state index in [2.05, 4.69) is 17.4 Å². The van der Waals surface area contributed by atoms with E-state index in [-0.39, 0.29) is 11.7 Å². The van der Waals surface area contributed by atoms with Crippen LogP contribution in [0.5, 0.6) is 5.75 Å². The van der Waals surface area contributed by atoms with E-state index in [1.165, 1.54) is 29.3 Å². The first-order chi connectivity index (χ1) is 13.5. The van der Waals surface area contributed by atoms with E-state index in [1.54, 1.807) is 20.1 Å². The number of hydrogen-bond acceptors (Lipinski definition) is 5. The summed E-state index contributed by atoms with van der Waals surface area (Å²) in [5, 5.41) is 2.76.